The van der Waals surface area contributed by atoms with Crippen molar-refractivity contribution in [2.24, 2.45) is 7.05 Å². The van der Waals surface area contributed by atoms with Gasteiger partial charge in [-0.2, -0.15) is 10.2 Å². The monoisotopic (exact) mass is 430 g/mol. The molecule has 0 saturated heterocycles. The molecule has 0 aliphatic carbocycles. The number of carbonyl (C=O) groups is 1. The van der Waals surface area contributed by atoms with Crippen LogP contribution in [0.1, 0.15) is 11.1 Å². The van der Waals surface area contributed by atoms with Gasteiger partial charge in [0.2, 0.25) is 6.43 Å². The second-order valence-corrected chi connectivity index (χ2v) is 6.89. The number of nitrogens with zero attached hydrogens (tertiary/aromatic N) is 5. The first-order valence-corrected chi connectivity index (χ1v) is 9.21. The Bertz CT molecular complexity index is 1270. The van der Waals surface area contributed by atoms with Crippen LogP contribution >= 0.6 is 0 Å². The first-order chi connectivity index (χ1) is 14.8. The average Bonchev–Trinajstić information content (AvgIpc) is 3.34. The highest BCUT2D eigenvalue weighted by Gasteiger charge is 2.21. The summed E-state index contributed by atoms with van der Waals surface area (Å²) in [6, 6.07) is 4.59. The number of amides is 1. The zero-order valence-corrected chi connectivity index (χ0v) is 16.3. The molecule has 0 aliphatic rings. The highest BCUT2D eigenvalue weighted by atomic mass is 19.3. The molecule has 31 heavy (non-hydrogen) atoms. The zero-order chi connectivity index (χ0) is 22.1. The normalized spacial score (nSPS) is 11.4. The first-order valence-electron chi connectivity index (χ1n) is 9.21. The van der Waals surface area contributed by atoms with Crippen LogP contribution in [-0.4, -0.2) is 42.0 Å². The van der Waals surface area contributed by atoms with E-state index >= 15 is 4.39 Å². The molecule has 3 aromatic heterocycles. The molecular formula is C20H17F3N6O2. The molecule has 0 fully saturated rings. The van der Waals surface area contributed by atoms with Gasteiger partial charge in [-0.3, -0.25) is 4.68 Å². The van der Waals surface area contributed by atoms with Crippen LogP contribution in [0.25, 0.3) is 27.9 Å². The lowest BCUT2D eigenvalue weighted by Gasteiger charge is -2.14. The van der Waals surface area contributed by atoms with E-state index in [2.05, 4.69) is 20.5 Å². The third-order valence-electron chi connectivity index (χ3n) is 4.83. The molecule has 1 amide bonds. The minimum Gasteiger partial charge on any atom is -0.465 e. The van der Waals surface area contributed by atoms with Crippen LogP contribution in [0.5, 0.6) is 0 Å². The van der Waals surface area contributed by atoms with Gasteiger partial charge in [0, 0.05) is 49.1 Å². The number of aromatic nitrogens is 5. The molecule has 0 spiro atoms. The lowest BCUT2D eigenvalue weighted by Crippen LogP contribution is -2.21. The topological polar surface area (TPSA) is 97.3 Å². The quantitative estimate of drug-likeness (QED) is 0.488. The van der Waals surface area contributed by atoms with Crippen LogP contribution in [0.4, 0.5) is 18.0 Å². The number of halogens is 3. The fourth-order valence-electron chi connectivity index (χ4n) is 3.42. The maximum Gasteiger partial charge on any atom is 0.404 e. The Morgan fingerprint density at radius 3 is 2.71 bits per heavy atom. The van der Waals surface area contributed by atoms with Crippen molar-refractivity contribution < 1.29 is 23.1 Å². The third-order valence-corrected chi connectivity index (χ3v) is 4.83. The summed E-state index contributed by atoms with van der Waals surface area (Å²) in [5, 5.41) is 19.1. The number of hydrogen-bond acceptors (Lipinski definition) is 4. The van der Waals surface area contributed by atoms with E-state index < -0.39 is 24.8 Å². The highest BCUT2D eigenvalue weighted by Crippen LogP contribution is 2.32. The van der Waals surface area contributed by atoms with Gasteiger partial charge in [0.05, 0.1) is 11.7 Å². The fraction of sp³-hybridized carbons (Fsp3) is 0.200. The van der Waals surface area contributed by atoms with E-state index in [4.69, 9.17) is 5.11 Å². The SMILES string of the molecule is Cn1cc(-c2cc3c(-c4ccc(CNC(=O)O)c(CC(F)F)c4F)ncnn3c2)cn1. The molecule has 0 radical (unpaired) electrons. The van der Waals surface area contributed by atoms with Gasteiger partial charge in [-0.15, -0.1) is 0 Å². The molecule has 0 saturated carbocycles. The third kappa shape index (κ3) is 4.06. The summed E-state index contributed by atoms with van der Waals surface area (Å²) in [5.41, 5.74) is 2.24. The Kier molecular flexibility index (Phi) is 5.32. The van der Waals surface area contributed by atoms with E-state index in [9.17, 15) is 13.6 Å². The molecule has 11 heteroatoms. The van der Waals surface area contributed by atoms with Gasteiger partial charge < -0.3 is 10.4 Å². The van der Waals surface area contributed by atoms with E-state index in [1.54, 1.807) is 30.2 Å². The minimum atomic E-state index is -2.80. The molecule has 0 bridgehead atoms. The summed E-state index contributed by atoms with van der Waals surface area (Å²) in [6.45, 7) is -0.288. The molecule has 2 N–H and O–H groups in total. The smallest absolute Gasteiger partial charge is 0.404 e. The molecular weight excluding hydrogens is 413 g/mol. The molecule has 0 unspecified atom stereocenters. The van der Waals surface area contributed by atoms with Crippen LogP contribution in [0.3, 0.4) is 0 Å². The van der Waals surface area contributed by atoms with E-state index in [0.29, 0.717) is 5.52 Å². The number of rotatable bonds is 6. The molecule has 4 aromatic rings. The zero-order valence-electron chi connectivity index (χ0n) is 16.3. The number of benzene rings is 1. The lowest BCUT2D eigenvalue weighted by molar-refractivity contribution is 0.147. The number of fused-ring (bicyclic) bond motifs is 1. The lowest BCUT2D eigenvalue weighted by atomic mass is 9.98. The fourth-order valence-corrected chi connectivity index (χ4v) is 3.42. The van der Waals surface area contributed by atoms with Crippen LogP contribution in [0.15, 0.2) is 43.1 Å². The highest BCUT2D eigenvalue weighted by molar-refractivity contribution is 5.82. The number of carboxylic acid groups (broad SMARTS) is 1. The van der Waals surface area contributed by atoms with Crippen molar-refractivity contribution in [3.05, 3.63) is 60.1 Å². The van der Waals surface area contributed by atoms with Gasteiger partial charge in [-0.1, -0.05) is 6.07 Å². The largest absolute Gasteiger partial charge is 0.465 e. The second kappa shape index (κ2) is 8.09. The minimum absolute atomic E-state index is 0.0259. The van der Waals surface area contributed by atoms with Gasteiger partial charge in [0.15, 0.2) is 0 Å². The summed E-state index contributed by atoms with van der Waals surface area (Å²) in [7, 11) is 1.78. The number of nitrogens with one attached hydrogen (secondary N) is 1. The number of hydrogen-bond donors (Lipinski definition) is 2. The van der Waals surface area contributed by atoms with Crippen LogP contribution < -0.4 is 5.32 Å². The van der Waals surface area contributed by atoms with Crippen molar-refractivity contribution in [3.8, 4) is 22.4 Å². The Labute approximate surface area is 174 Å². The van der Waals surface area contributed by atoms with Crippen molar-refractivity contribution in [1.82, 2.24) is 29.7 Å². The van der Waals surface area contributed by atoms with E-state index in [-0.39, 0.29) is 28.9 Å². The Morgan fingerprint density at radius 2 is 2.03 bits per heavy atom. The standard InChI is InChI=1S/C20H17F3N6O2/c1-28-8-13(7-26-28)12-4-16-19(25-10-27-29(16)9-12)14-3-2-11(6-24-20(30)31)15(18(14)23)5-17(21)22/h2-4,7-10,17,24H,5-6H2,1H3,(H,30,31). The summed E-state index contributed by atoms with van der Waals surface area (Å²) in [5.74, 6) is -0.866. The van der Waals surface area contributed by atoms with Crippen LogP contribution in [0, 0.1) is 5.82 Å². The Morgan fingerprint density at radius 1 is 1.23 bits per heavy atom. The first kappa shape index (κ1) is 20.4. The maximum atomic E-state index is 15.4. The second-order valence-electron chi connectivity index (χ2n) is 6.89. The Hall–Kier alpha value is -3.89. The Balaban J connectivity index is 1.83. The molecule has 8 nitrogen and oxygen atoms in total. The predicted molar refractivity (Wildman–Crippen MR) is 105 cm³/mol. The molecule has 160 valence electrons. The van der Waals surface area contributed by atoms with E-state index in [0.717, 1.165) is 11.1 Å². The molecule has 1 aromatic carbocycles. The van der Waals surface area contributed by atoms with Crippen molar-refractivity contribution in [3.63, 3.8) is 0 Å². The summed E-state index contributed by atoms with van der Waals surface area (Å²) < 4.78 is 44.8. The molecule has 4 rings (SSSR count). The van der Waals surface area contributed by atoms with Gasteiger partial charge in [-0.25, -0.2) is 27.5 Å². The van der Waals surface area contributed by atoms with Crippen molar-refractivity contribution in [2.75, 3.05) is 0 Å². The van der Waals surface area contributed by atoms with Crippen molar-refractivity contribution in [2.45, 2.75) is 19.4 Å². The van der Waals surface area contributed by atoms with E-state index in [1.807, 2.05) is 6.20 Å². The van der Waals surface area contributed by atoms with Crippen molar-refractivity contribution >= 4 is 11.6 Å². The molecule has 0 aliphatic heterocycles. The van der Waals surface area contributed by atoms with E-state index in [1.165, 1.54) is 23.0 Å². The number of aryl methyl sites for hydroxylation is 1. The summed E-state index contributed by atoms with van der Waals surface area (Å²) in [4.78, 5) is 15.0. The van der Waals surface area contributed by atoms with Crippen LogP contribution in [-0.2, 0) is 20.0 Å². The number of alkyl halides is 2. The van der Waals surface area contributed by atoms with Crippen LogP contribution in [0.2, 0.25) is 0 Å². The van der Waals surface area contributed by atoms with Gasteiger partial charge in [0.25, 0.3) is 0 Å². The predicted octanol–water partition coefficient (Wildman–Crippen LogP) is 3.51. The molecule has 3 heterocycles. The van der Waals surface area contributed by atoms with Crippen molar-refractivity contribution in [1.29, 1.82) is 0 Å². The summed E-state index contributed by atoms with van der Waals surface area (Å²) >= 11 is 0. The average molecular weight is 430 g/mol. The van der Waals surface area contributed by atoms with Gasteiger partial charge >= 0.3 is 6.09 Å². The maximum absolute atomic E-state index is 15.4. The summed E-state index contributed by atoms with van der Waals surface area (Å²) in [6.07, 6.45) is 1.49. The van der Waals surface area contributed by atoms with Gasteiger partial charge in [0.1, 0.15) is 17.8 Å². The van der Waals surface area contributed by atoms with Gasteiger partial charge in [-0.05, 0) is 23.3 Å². The molecule has 0 atom stereocenters.